The third kappa shape index (κ3) is 3.55. The fraction of sp³-hybridized carbons (Fsp3) is 0.333. The van der Waals surface area contributed by atoms with Crippen molar-refractivity contribution in [2.45, 2.75) is 32.1 Å². The highest BCUT2D eigenvalue weighted by molar-refractivity contribution is 9.13. The minimum absolute atomic E-state index is 0.222. The summed E-state index contributed by atoms with van der Waals surface area (Å²) in [4.78, 5) is 26.1. The molecular weight excluding hydrogens is 464 g/mol. The number of carbonyl (C=O) groups excluding carboxylic acids is 2. The zero-order chi connectivity index (χ0) is 16.6. The Morgan fingerprint density at radius 1 is 1.13 bits per heavy atom. The van der Waals surface area contributed by atoms with E-state index >= 15 is 0 Å². The summed E-state index contributed by atoms with van der Waals surface area (Å²) in [6.45, 7) is 0. The molecule has 4 nitrogen and oxygen atoms in total. The topological polar surface area (TPSA) is 72.2 Å². The second-order valence-corrected chi connectivity index (χ2v) is 9.65. The molecule has 1 aliphatic rings. The first-order valence-electron chi connectivity index (χ1n) is 7.18. The van der Waals surface area contributed by atoms with E-state index in [1.54, 1.807) is 6.07 Å². The van der Waals surface area contributed by atoms with Gasteiger partial charge in [-0.25, -0.2) is 0 Å². The Bertz CT molecular complexity index is 763. The first-order chi connectivity index (χ1) is 11.0. The van der Waals surface area contributed by atoms with Crippen LogP contribution >= 0.6 is 54.5 Å². The molecule has 3 N–H and O–H groups in total. The third-order valence-electron chi connectivity index (χ3n) is 3.76. The van der Waals surface area contributed by atoms with Gasteiger partial charge in [0.25, 0.3) is 11.8 Å². The number of hydrogen-bond donors (Lipinski definition) is 2. The van der Waals surface area contributed by atoms with E-state index in [1.807, 2.05) is 0 Å². The molecule has 23 heavy (non-hydrogen) atoms. The fourth-order valence-electron chi connectivity index (χ4n) is 2.71. The number of thiophene rings is 2. The van der Waals surface area contributed by atoms with Gasteiger partial charge in [0.05, 0.1) is 14.2 Å². The van der Waals surface area contributed by atoms with Crippen molar-refractivity contribution in [3.8, 4) is 0 Å². The van der Waals surface area contributed by atoms with Crippen LogP contribution in [0.2, 0.25) is 0 Å². The summed E-state index contributed by atoms with van der Waals surface area (Å²) in [6.07, 6.45) is 5.15. The highest BCUT2D eigenvalue weighted by atomic mass is 79.9. The van der Waals surface area contributed by atoms with E-state index in [0.717, 1.165) is 39.5 Å². The van der Waals surface area contributed by atoms with Crippen LogP contribution in [0.1, 0.15) is 49.7 Å². The van der Waals surface area contributed by atoms with Crippen molar-refractivity contribution in [1.29, 1.82) is 0 Å². The van der Waals surface area contributed by atoms with Crippen molar-refractivity contribution in [1.82, 2.24) is 0 Å². The minimum Gasteiger partial charge on any atom is -0.365 e. The van der Waals surface area contributed by atoms with Gasteiger partial charge in [-0.05, 0) is 69.2 Å². The summed E-state index contributed by atoms with van der Waals surface area (Å²) in [5, 5.41) is 3.45. The molecule has 2 aromatic heterocycles. The van der Waals surface area contributed by atoms with Gasteiger partial charge in [0.15, 0.2) is 0 Å². The Hall–Kier alpha value is -0.700. The monoisotopic (exact) mass is 476 g/mol. The maximum absolute atomic E-state index is 12.4. The van der Waals surface area contributed by atoms with Gasteiger partial charge < -0.3 is 11.1 Å². The molecule has 0 radical (unpaired) electrons. The van der Waals surface area contributed by atoms with Crippen molar-refractivity contribution in [3.05, 3.63) is 35.2 Å². The molecule has 1 aliphatic carbocycles. The molecule has 0 spiro atoms. The summed E-state index contributed by atoms with van der Waals surface area (Å²) in [5.74, 6) is -0.687. The summed E-state index contributed by atoms with van der Waals surface area (Å²) in [6, 6.07) is 1.76. The van der Waals surface area contributed by atoms with Crippen LogP contribution in [0.25, 0.3) is 0 Å². The van der Waals surface area contributed by atoms with Crippen LogP contribution in [0.15, 0.2) is 14.3 Å². The van der Waals surface area contributed by atoms with Gasteiger partial charge in [-0.3, -0.25) is 9.59 Å². The van der Waals surface area contributed by atoms with Gasteiger partial charge in [0.2, 0.25) is 0 Å². The van der Waals surface area contributed by atoms with Gasteiger partial charge in [0.1, 0.15) is 5.00 Å². The number of anilines is 1. The van der Waals surface area contributed by atoms with Crippen molar-refractivity contribution in [2.75, 3.05) is 5.32 Å². The average Bonchev–Trinajstić information content (AvgIpc) is 2.91. The van der Waals surface area contributed by atoms with Gasteiger partial charge in [-0.2, -0.15) is 0 Å². The Morgan fingerprint density at radius 3 is 2.52 bits per heavy atom. The van der Waals surface area contributed by atoms with Crippen LogP contribution in [0.4, 0.5) is 5.00 Å². The first kappa shape index (κ1) is 17.1. The highest BCUT2D eigenvalue weighted by Crippen LogP contribution is 2.38. The number of nitrogens with one attached hydrogen (secondary N) is 1. The number of primary amides is 1. The molecule has 0 fully saturated rings. The Labute approximate surface area is 158 Å². The molecule has 0 aliphatic heterocycles. The van der Waals surface area contributed by atoms with Crippen LogP contribution in [-0.2, 0) is 12.8 Å². The van der Waals surface area contributed by atoms with Gasteiger partial charge in [-0.15, -0.1) is 22.7 Å². The molecule has 3 rings (SSSR count). The van der Waals surface area contributed by atoms with Crippen molar-refractivity contribution in [3.63, 3.8) is 0 Å². The van der Waals surface area contributed by atoms with Crippen LogP contribution < -0.4 is 11.1 Å². The van der Waals surface area contributed by atoms with E-state index in [2.05, 4.69) is 37.2 Å². The normalized spacial score (nSPS) is 14.2. The molecule has 0 unspecified atom stereocenters. The van der Waals surface area contributed by atoms with Crippen LogP contribution in [0.5, 0.6) is 0 Å². The minimum atomic E-state index is -0.465. The van der Waals surface area contributed by atoms with E-state index in [1.165, 1.54) is 34.0 Å². The summed E-state index contributed by atoms with van der Waals surface area (Å²) in [7, 11) is 0. The van der Waals surface area contributed by atoms with E-state index in [4.69, 9.17) is 5.73 Å². The average molecular weight is 478 g/mol. The molecule has 0 saturated heterocycles. The molecule has 0 aromatic carbocycles. The Morgan fingerprint density at radius 2 is 1.87 bits per heavy atom. The number of amides is 2. The molecule has 0 saturated carbocycles. The molecule has 8 heteroatoms. The predicted octanol–water partition coefficient (Wildman–Crippen LogP) is 4.95. The molecule has 2 heterocycles. The van der Waals surface area contributed by atoms with Gasteiger partial charge >= 0.3 is 0 Å². The first-order valence-corrected chi connectivity index (χ1v) is 10.4. The van der Waals surface area contributed by atoms with Crippen LogP contribution in [0.3, 0.4) is 0 Å². The van der Waals surface area contributed by atoms with Crippen molar-refractivity contribution in [2.24, 2.45) is 5.73 Å². The summed E-state index contributed by atoms with van der Waals surface area (Å²) < 4.78 is 1.70. The zero-order valence-corrected chi connectivity index (χ0v) is 16.9. The molecular formula is C15H14Br2N2O2S2. The van der Waals surface area contributed by atoms with Gasteiger partial charge in [-0.1, -0.05) is 6.42 Å². The lowest BCUT2D eigenvalue weighted by Crippen LogP contribution is -2.17. The lowest BCUT2D eigenvalue weighted by atomic mass is 10.1. The molecule has 2 aromatic rings. The van der Waals surface area contributed by atoms with Crippen molar-refractivity contribution >= 4 is 71.3 Å². The number of rotatable bonds is 3. The summed E-state index contributed by atoms with van der Waals surface area (Å²) >= 11 is 9.58. The van der Waals surface area contributed by atoms with E-state index in [-0.39, 0.29) is 5.91 Å². The lowest BCUT2D eigenvalue weighted by Gasteiger charge is -2.05. The second-order valence-electron chi connectivity index (χ2n) is 5.32. The number of fused-ring (bicyclic) bond motifs is 1. The van der Waals surface area contributed by atoms with Gasteiger partial charge in [0, 0.05) is 9.35 Å². The zero-order valence-electron chi connectivity index (χ0n) is 12.1. The SMILES string of the molecule is NC(=O)c1c(NC(=O)c2cc(Br)c(Br)s2)sc2c1CCCCC2. The number of hydrogen-bond acceptors (Lipinski definition) is 4. The molecule has 0 atom stereocenters. The molecule has 0 bridgehead atoms. The number of nitrogens with two attached hydrogens (primary N) is 1. The van der Waals surface area contributed by atoms with E-state index < -0.39 is 5.91 Å². The Balaban J connectivity index is 1.93. The maximum atomic E-state index is 12.4. The number of aryl methyl sites for hydroxylation is 1. The maximum Gasteiger partial charge on any atom is 0.266 e. The number of carbonyl (C=O) groups is 2. The van der Waals surface area contributed by atoms with Crippen LogP contribution in [-0.4, -0.2) is 11.8 Å². The third-order valence-corrected chi connectivity index (χ3v) is 8.23. The van der Waals surface area contributed by atoms with Crippen molar-refractivity contribution < 1.29 is 9.59 Å². The van der Waals surface area contributed by atoms with E-state index in [9.17, 15) is 9.59 Å². The largest absolute Gasteiger partial charge is 0.365 e. The smallest absolute Gasteiger partial charge is 0.266 e. The Kier molecular flexibility index (Phi) is 5.25. The molecule has 2 amide bonds. The standard InChI is InChI=1S/C15H14Br2N2O2S2/c16-8-6-10(22-12(8)17)14(21)19-15-11(13(18)20)7-4-2-1-3-5-9(7)23-15/h6H,1-5H2,(H2,18,20)(H,19,21). The lowest BCUT2D eigenvalue weighted by molar-refractivity contribution is 0.100. The quantitative estimate of drug-likeness (QED) is 0.613. The van der Waals surface area contributed by atoms with Crippen LogP contribution in [0, 0.1) is 0 Å². The summed E-state index contributed by atoms with van der Waals surface area (Å²) in [5.41, 5.74) is 7.11. The number of halogens is 2. The van der Waals surface area contributed by atoms with E-state index in [0.29, 0.717) is 15.4 Å². The molecule has 122 valence electrons. The predicted molar refractivity (Wildman–Crippen MR) is 102 cm³/mol. The second kappa shape index (κ2) is 7.04. The highest BCUT2D eigenvalue weighted by Gasteiger charge is 2.25. The fourth-order valence-corrected chi connectivity index (χ4v) is 5.94.